The summed E-state index contributed by atoms with van der Waals surface area (Å²) in [6.07, 6.45) is 0.938. The standard InChI is InChI=1S/C18H17ClN2O4S/c19-15-14(7-10-26-15)16(22)20-13-3-1-11(2-4-13)17(23)21-8-5-12(6-9-21)18(24)25/h1-4,7,10,12H,5-6,8-9H2,(H,20,22)(H,24,25). The van der Waals surface area contributed by atoms with Crippen LogP contribution in [0.5, 0.6) is 0 Å². The first-order valence-electron chi connectivity index (χ1n) is 8.12. The molecule has 0 saturated carbocycles. The van der Waals surface area contributed by atoms with Crippen LogP contribution in [0, 0.1) is 5.92 Å². The molecule has 0 aliphatic carbocycles. The molecule has 1 aliphatic heterocycles. The average molecular weight is 393 g/mol. The number of carbonyl (C=O) groups excluding carboxylic acids is 2. The summed E-state index contributed by atoms with van der Waals surface area (Å²) in [7, 11) is 0. The number of carboxylic acid groups (broad SMARTS) is 1. The minimum atomic E-state index is -0.803. The Kier molecular flexibility index (Phi) is 5.58. The molecule has 2 heterocycles. The Hall–Kier alpha value is -2.38. The summed E-state index contributed by atoms with van der Waals surface area (Å²) in [4.78, 5) is 37.3. The molecule has 8 heteroatoms. The number of hydrogen-bond donors (Lipinski definition) is 2. The van der Waals surface area contributed by atoms with Crippen LogP contribution in [0.4, 0.5) is 5.69 Å². The van der Waals surface area contributed by atoms with E-state index in [2.05, 4.69) is 5.32 Å². The highest BCUT2D eigenvalue weighted by Crippen LogP contribution is 2.24. The maximum absolute atomic E-state index is 12.5. The first-order chi connectivity index (χ1) is 12.5. The van der Waals surface area contributed by atoms with Gasteiger partial charge in [-0.25, -0.2) is 0 Å². The molecule has 1 fully saturated rings. The Bertz CT molecular complexity index is 826. The minimum absolute atomic E-state index is 0.132. The third-order valence-corrected chi connectivity index (χ3v) is 5.55. The lowest BCUT2D eigenvalue weighted by atomic mass is 9.96. The lowest BCUT2D eigenvalue weighted by Crippen LogP contribution is -2.40. The zero-order chi connectivity index (χ0) is 18.7. The maximum Gasteiger partial charge on any atom is 0.306 e. The molecule has 0 radical (unpaired) electrons. The zero-order valence-corrected chi connectivity index (χ0v) is 15.3. The highest BCUT2D eigenvalue weighted by Gasteiger charge is 2.27. The Morgan fingerprint density at radius 1 is 1.12 bits per heavy atom. The molecule has 0 bridgehead atoms. The third kappa shape index (κ3) is 4.05. The molecule has 1 saturated heterocycles. The first-order valence-corrected chi connectivity index (χ1v) is 9.38. The van der Waals surface area contributed by atoms with Gasteiger partial charge in [0.05, 0.1) is 11.5 Å². The normalized spacial score (nSPS) is 14.9. The number of nitrogens with zero attached hydrogens (tertiary/aromatic N) is 1. The summed E-state index contributed by atoms with van der Waals surface area (Å²) >= 11 is 7.24. The van der Waals surface area contributed by atoms with Crippen LogP contribution in [0.3, 0.4) is 0 Å². The number of piperidine rings is 1. The van der Waals surface area contributed by atoms with Crippen molar-refractivity contribution < 1.29 is 19.5 Å². The Morgan fingerprint density at radius 3 is 2.31 bits per heavy atom. The van der Waals surface area contributed by atoms with E-state index in [9.17, 15) is 14.4 Å². The van der Waals surface area contributed by atoms with Crippen LogP contribution in [-0.2, 0) is 4.79 Å². The number of anilines is 1. The van der Waals surface area contributed by atoms with Crippen LogP contribution in [0.2, 0.25) is 4.34 Å². The first kappa shape index (κ1) is 18.4. The van der Waals surface area contributed by atoms with Crippen molar-refractivity contribution in [3.63, 3.8) is 0 Å². The van der Waals surface area contributed by atoms with Crippen molar-refractivity contribution in [2.24, 2.45) is 5.92 Å². The van der Waals surface area contributed by atoms with E-state index >= 15 is 0 Å². The number of likely N-dealkylation sites (tertiary alicyclic amines) is 1. The van der Waals surface area contributed by atoms with Gasteiger partial charge < -0.3 is 15.3 Å². The molecule has 0 atom stereocenters. The van der Waals surface area contributed by atoms with Gasteiger partial charge >= 0.3 is 5.97 Å². The molecule has 3 rings (SSSR count). The molecule has 2 amide bonds. The number of carboxylic acids is 1. The van der Waals surface area contributed by atoms with Gasteiger partial charge in [-0.2, -0.15) is 0 Å². The quantitative estimate of drug-likeness (QED) is 0.832. The van der Waals surface area contributed by atoms with Crippen LogP contribution >= 0.6 is 22.9 Å². The summed E-state index contributed by atoms with van der Waals surface area (Å²) in [5.41, 5.74) is 1.49. The van der Waals surface area contributed by atoms with Crippen molar-refractivity contribution in [3.05, 3.63) is 51.2 Å². The highest BCUT2D eigenvalue weighted by molar-refractivity contribution is 7.14. The molecule has 26 heavy (non-hydrogen) atoms. The molecule has 136 valence electrons. The number of carbonyl (C=O) groups is 3. The number of rotatable bonds is 4. The van der Waals surface area contributed by atoms with E-state index < -0.39 is 5.97 Å². The Morgan fingerprint density at radius 2 is 1.77 bits per heavy atom. The fraction of sp³-hybridized carbons (Fsp3) is 0.278. The lowest BCUT2D eigenvalue weighted by Gasteiger charge is -2.30. The molecule has 1 aliphatic rings. The maximum atomic E-state index is 12.5. The molecule has 1 aromatic heterocycles. The van der Waals surface area contributed by atoms with E-state index in [1.165, 1.54) is 11.3 Å². The molecule has 0 unspecified atom stereocenters. The number of amides is 2. The van der Waals surface area contributed by atoms with E-state index in [1.54, 1.807) is 40.6 Å². The van der Waals surface area contributed by atoms with Crippen LogP contribution in [0.1, 0.15) is 33.6 Å². The number of thiophene rings is 1. The lowest BCUT2D eigenvalue weighted by molar-refractivity contribution is -0.143. The van der Waals surface area contributed by atoms with Gasteiger partial charge in [0.15, 0.2) is 0 Å². The predicted octanol–water partition coefficient (Wildman–Crippen LogP) is 3.59. The number of hydrogen-bond acceptors (Lipinski definition) is 4. The number of halogens is 1. The van der Waals surface area contributed by atoms with Crippen molar-refractivity contribution in [1.29, 1.82) is 0 Å². The van der Waals surface area contributed by atoms with Crippen LogP contribution in [0.15, 0.2) is 35.7 Å². The van der Waals surface area contributed by atoms with Crippen LogP contribution < -0.4 is 5.32 Å². The molecule has 6 nitrogen and oxygen atoms in total. The number of aliphatic carboxylic acids is 1. The fourth-order valence-corrected chi connectivity index (χ4v) is 3.78. The highest BCUT2D eigenvalue weighted by atomic mass is 35.5. The zero-order valence-electron chi connectivity index (χ0n) is 13.8. The second-order valence-electron chi connectivity index (χ2n) is 6.04. The van der Waals surface area contributed by atoms with Gasteiger partial charge in [0.1, 0.15) is 4.34 Å². The summed E-state index contributed by atoms with van der Waals surface area (Å²) < 4.78 is 0.430. The second kappa shape index (κ2) is 7.88. The van der Waals surface area contributed by atoms with Gasteiger partial charge in [0.25, 0.3) is 11.8 Å². The summed E-state index contributed by atoms with van der Waals surface area (Å²) in [6.45, 7) is 0.871. The van der Waals surface area contributed by atoms with Crippen molar-refractivity contribution in [1.82, 2.24) is 4.90 Å². The van der Waals surface area contributed by atoms with Gasteiger partial charge in [0.2, 0.25) is 0 Å². The van der Waals surface area contributed by atoms with Gasteiger partial charge in [0, 0.05) is 24.3 Å². The van der Waals surface area contributed by atoms with Crippen LogP contribution in [0.25, 0.3) is 0 Å². The second-order valence-corrected chi connectivity index (χ2v) is 7.56. The van der Waals surface area contributed by atoms with Crippen molar-refractivity contribution in [2.45, 2.75) is 12.8 Å². The van der Waals surface area contributed by atoms with E-state index in [4.69, 9.17) is 16.7 Å². The van der Waals surface area contributed by atoms with Gasteiger partial charge in [-0.15, -0.1) is 11.3 Å². The van der Waals surface area contributed by atoms with Gasteiger partial charge in [-0.1, -0.05) is 11.6 Å². The van der Waals surface area contributed by atoms with E-state index in [-0.39, 0.29) is 17.7 Å². The smallest absolute Gasteiger partial charge is 0.306 e. The molecule has 2 aromatic rings. The monoisotopic (exact) mass is 392 g/mol. The fourth-order valence-electron chi connectivity index (χ4n) is 2.86. The molecular formula is C18H17ClN2O4S. The SMILES string of the molecule is O=C(Nc1ccc(C(=O)N2CCC(C(=O)O)CC2)cc1)c1ccsc1Cl. The van der Waals surface area contributed by atoms with E-state index in [0.717, 1.165) is 0 Å². The molecule has 2 N–H and O–H groups in total. The van der Waals surface area contributed by atoms with Crippen LogP contribution in [-0.4, -0.2) is 40.9 Å². The molecule has 0 spiro atoms. The topological polar surface area (TPSA) is 86.7 Å². The van der Waals surface area contributed by atoms with Crippen molar-refractivity contribution in [2.75, 3.05) is 18.4 Å². The summed E-state index contributed by atoms with van der Waals surface area (Å²) in [5, 5.41) is 13.5. The Labute approximate surface area is 159 Å². The van der Waals surface area contributed by atoms with Crippen molar-refractivity contribution in [3.8, 4) is 0 Å². The molecular weight excluding hydrogens is 376 g/mol. The average Bonchev–Trinajstić information content (AvgIpc) is 3.08. The predicted molar refractivity (Wildman–Crippen MR) is 100.0 cm³/mol. The van der Waals surface area contributed by atoms with E-state index in [1.807, 2.05) is 0 Å². The van der Waals surface area contributed by atoms with Gasteiger partial charge in [-0.3, -0.25) is 14.4 Å². The van der Waals surface area contributed by atoms with Gasteiger partial charge in [-0.05, 0) is 48.6 Å². The molecule has 1 aromatic carbocycles. The van der Waals surface area contributed by atoms with E-state index in [0.29, 0.717) is 47.1 Å². The number of benzene rings is 1. The Balaban J connectivity index is 1.61. The minimum Gasteiger partial charge on any atom is -0.481 e. The summed E-state index contributed by atoms with van der Waals surface area (Å²) in [5.74, 6) is -1.61. The number of nitrogens with one attached hydrogen (secondary N) is 1. The summed E-state index contributed by atoms with van der Waals surface area (Å²) in [6, 6.07) is 8.28. The largest absolute Gasteiger partial charge is 0.481 e. The van der Waals surface area contributed by atoms with Crippen molar-refractivity contribution >= 4 is 46.4 Å². The third-order valence-electron chi connectivity index (χ3n) is 4.38.